The van der Waals surface area contributed by atoms with Crippen LogP contribution in [0.4, 0.5) is 0 Å². The van der Waals surface area contributed by atoms with Crippen LogP contribution in [0.5, 0.6) is 0 Å². The van der Waals surface area contributed by atoms with Crippen LogP contribution in [0, 0.1) is 13.8 Å². The van der Waals surface area contributed by atoms with E-state index in [4.69, 9.17) is 0 Å². The molecule has 0 saturated carbocycles. The second kappa shape index (κ2) is 6.03. The van der Waals surface area contributed by atoms with E-state index in [0.717, 1.165) is 24.0 Å². The van der Waals surface area contributed by atoms with Crippen molar-refractivity contribution in [3.63, 3.8) is 0 Å². The van der Waals surface area contributed by atoms with Crippen LogP contribution >= 0.6 is 0 Å². The predicted molar refractivity (Wildman–Crippen MR) is 80.4 cm³/mol. The highest BCUT2D eigenvalue weighted by Gasteiger charge is 2.13. The summed E-state index contributed by atoms with van der Waals surface area (Å²) in [5, 5.41) is 10.6. The Labute approximate surface area is 115 Å². The van der Waals surface area contributed by atoms with Crippen molar-refractivity contribution in [1.29, 1.82) is 0 Å². The molecule has 0 aliphatic heterocycles. The summed E-state index contributed by atoms with van der Waals surface area (Å²) in [4.78, 5) is 0. The van der Waals surface area contributed by atoms with Gasteiger partial charge < -0.3 is 5.11 Å². The van der Waals surface area contributed by atoms with Gasteiger partial charge in [0.05, 0.1) is 0 Å². The van der Waals surface area contributed by atoms with Crippen molar-refractivity contribution < 1.29 is 5.11 Å². The highest BCUT2D eigenvalue weighted by atomic mass is 16.3. The smallest absolute Gasteiger partial charge is 0.104 e. The Morgan fingerprint density at radius 3 is 2.53 bits per heavy atom. The van der Waals surface area contributed by atoms with Gasteiger partial charge in [0, 0.05) is 0 Å². The first-order chi connectivity index (χ1) is 9.13. The highest BCUT2D eigenvalue weighted by Crippen LogP contribution is 2.27. The molecule has 1 nitrogen and oxygen atoms in total. The van der Waals surface area contributed by atoms with E-state index in [-0.39, 0.29) is 0 Å². The molecule has 1 unspecified atom stereocenters. The second-order valence-corrected chi connectivity index (χ2v) is 5.19. The maximum Gasteiger partial charge on any atom is 0.104 e. The number of benzene rings is 2. The van der Waals surface area contributed by atoms with Gasteiger partial charge in [-0.05, 0) is 48.1 Å². The Balaban J connectivity index is 2.35. The molecule has 0 radical (unpaired) electrons. The minimum atomic E-state index is -0.531. The van der Waals surface area contributed by atoms with E-state index in [0.29, 0.717) is 0 Å². The summed E-state index contributed by atoms with van der Waals surface area (Å²) < 4.78 is 0. The lowest BCUT2D eigenvalue weighted by Crippen LogP contribution is -2.03. The number of rotatable bonds is 4. The van der Waals surface area contributed by atoms with Gasteiger partial charge in [-0.3, -0.25) is 0 Å². The van der Waals surface area contributed by atoms with Gasteiger partial charge in [0.2, 0.25) is 0 Å². The molecule has 0 amide bonds. The van der Waals surface area contributed by atoms with Crippen LogP contribution in [-0.2, 0) is 6.42 Å². The molecule has 0 fully saturated rings. The van der Waals surface area contributed by atoms with E-state index in [9.17, 15) is 5.11 Å². The fourth-order valence-corrected chi connectivity index (χ4v) is 2.46. The molecular formula is C18H22O. The molecule has 100 valence electrons. The van der Waals surface area contributed by atoms with Crippen molar-refractivity contribution in [2.24, 2.45) is 0 Å². The Morgan fingerprint density at radius 2 is 1.79 bits per heavy atom. The average Bonchev–Trinajstić information content (AvgIpc) is 2.42. The number of aliphatic hydroxyl groups excluding tert-OH is 1. The summed E-state index contributed by atoms with van der Waals surface area (Å²) in [7, 11) is 0. The third-order valence-electron chi connectivity index (χ3n) is 3.75. The molecule has 1 heteroatoms. The Hall–Kier alpha value is -1.60. The first kappa shape index (κ1) is 13.8. The minimum absolute atomic E-state index is 0.531. The highest BCUT2D eigenvalue weighted by molar-refractivity contribution is 5.40. The number of hydrogen-bond donors (Lipinski definition) is 1. The third-order valence-corrected chi connectivity index (χ3v) is 3.75. The van der Waals surface area contributed by atoms with E-state index in [1.54, 1.807) is 0 Å². The molecule has 1 atom stereocenters. The van der Waals surface area contributed by atoms with Crippen LogP contribution < -0.4 is 0 Å². The van der Waals surface area contributed by atoms with Crippen molar-refractivity contribution >= 4 is 0 Å². The molecular weight excluding hydrogens is 232 g/mol. The molecule has 2 aromatic rings. The molecule has 0 spiro atoms. The van der Waals surface area contributed by atoms with Gasteiger partial charge in [0.25, 0.3) is 0 Å². The molecule has 19 heavy (non-hydrogen) atoms. The fourth-order valence-electron chi connectivity index (χ4n) is 2.46. The zero-order valence-corrected chi connectivity index (χ0v) is 12.0. The van der Waals surface area contributed by atoms with Gasteiger partial charge in [-0.1, -0.05) is 55.8 Å². The van der Waals surface area contributed by atoms with Crippen molar-refractivity contribution in [2.45, 2.75) is 39.7 Å². The standard InChI is InChI=1S/C18H22O/c1-4-7-15-9-6-10-16(12-15)18(19)17-11-5-8-13(2)14(17)3/h5-6,8-12,18-19H,4,7H2,1-3H3. The second-order valence-electron chi connectivity index (χ2n) is 5.19. The van der Waals surface area contributed by atoms with E-state index in [1.807, 2.05) is 24.3 Å². The lowest BCUT2D eigenvalue weighted by Gasteiger charge is -2.16. The zero-order chi connectivity index (χ0) is 13.8. The first-order valence-corrected chi connectivity index (χ1v) is 6.96. The monoisotopic (exact) mass is 254 g/mol. The number of hydrogen-bond acceptors (Lipinski definition) is 1. The lowest BCUT2D eigenvalue weighted by atomic mass is 9.93. The molecule has 0 aromatic heterocycles. The summed E-state index contributed by atoms with van der Waals surface area (Å²) in [5.74, 6) is 0. The van der Waals surface area contributed by atoms with Gasteiger partial charge in [-0.25, -0.2) is 0 Å². The molecule has 1 N–H and O–H groups in total. The maximum absolute atomic E-state index is 10.6. The minimum Gasteiger partial charge on any atom is -0.384 e. The zero-order valence-electron chi connectivity index (χ0n) is 12.0. The van der Waals surface area contributed by atoms with Crippen LogP contribution in [0.15, 0.2) is 42.5 Å². The van der Waals surface area contributed by atoms with Gasteiger partial charge in [-0.15, -0.1) is 0 Å². The molecule has 0 heterocycles. The normalized spacial score (nSPS) is 12.4. The number of aryl methyl sites for hydroxylation is 2. The Kier molecular flexibility index (Phi) is 4.39. The summed E-state index contributed by atoms with van der Waals surface area (Å²) in [6.45, 7) is 6.33. The van der Waals surface area contributed by atoms with E-state index < -0.39 is 6.10 Å². The summed E-state index contributed by atoms with van der Waals surface area (Å²) >= 11 is 0. The predicted octanol–water partition coefficient (Wildman–Crippen LogP) is 4.34. The van der Waals surface area contributed by atoms with E-state index in [1.165, 1.54) is 16.7 Å². The van der Waals surface area contributed by atoms with Crippen LogP contribution in [0.2, 0.25) is 0 Å². The topological polar surface area (TPSA) is 20.2 Å². The summed E-state index contributed by atoms with van der Waals surface area (Å²) in [5.41, 5.74) is 5.69. The van der Waals surface area contributed by atoms with Crippen molar-refractivity contribution in [3.05, 3.63) is 70.3 Å². The molecule has 0 aliphatic carbocycles. The van der Waals surface area contributed by atoms with Crippen LogP contribution in [0.25, 0.3) is 0 Å². The summed E-state index contributed by atoms with van der Waals surface area (Å²) in [6.07, 6.45) is 1.66. The SMILES string of the molecule is CCCc1cccc(C(O)c2cccc(C)c2C)c1. The largest absolute Gasteiger partial charge is 0.384 e. The average molecular weight is 254 g/mol. The van der Waals surface area contributed by atoms with Crippen molar-refractivity contribution in [2.75, 3.05) is 0 Å². The first-order valence-electron chi connectivity index (χ1n) is 6.96. The van der Waals surface area contributed by atoms with E-state index >= 15 is 0 Å². The molecule has 2 aromatic carbocycles. The summed E-state index contributed by atoms with van der Waals surface area (Å²) in [6, 6.07) is 14.4. The van der Waals surface area contributed by atoms with Gasteiger partial charge in [0.15, 0.2) is 0 Å². The lowest BCUT2D eigenvalue weighted by molar-refractivity contribution is 0.219. The van der Waals surface area contributed by atoms with Gasteiger partial charge in [-0.2, -0.15) is 0 Å². The van der Waals surface area contributed by atoms with Crippen LogP contribution in [0.1, 0.15) is 47.3 Å². The third kappa shape index (κ3) is 3.05. The Bertz CT molecular complexity index is 557. The van der Waals surface area contributed by atoms with Crippen molar-refractivity contribution in [3.8, 4) is 0 Å². The Morgan fingerprint density at radius 1 is 1.05 bits per heavy atom. The molecule has 0 bridgehead atoms. The van der Waals surface area contributed by atoms with Crippen LogP contribution in [0.3, 0.4) is 0 Å². The van der Waals surface area contributed by atoms with Crippen LogP contribution in [-0.4, -0.2) is 5.11 Å². The quantitative estimate of drug-likeness (QED) is 0.860. The number of aliphatic hydroxyl groups is 1. The molecule has 0 saturated heterocycles. The van der Waals surface area contributed by atoms with Gasteiger partial charge >= 0.3 is 0 Å². The van der Waals surface area contributed by atoms with Gasteiger partial charge in [0.1, 0.15) is 6.10 Å². The van der Waals surface area contributed by atoms with Crippen molar-refractivity contribution in [1.82, 2.24) is 0 Å². The van der Waals surface area contributed by atoms with E-state index in [2.05, 4.69) is 39.0 Å². The fraction of sp³-hybridized carbons (Fsp3) is 0.333. The maximum atomic E-state index is 10.6. The molecule has 0 aliphatic rings. The molecule has 2 rings (SSSR count).